The highest BCUT2D eigenvalue weighted by atomic mass is 32.2. The van der Waals surface area contributed by atoms with Gasteiger partial charge in [0.15, 0.2) is 6.26 Å². The molecule has 0 fully saturated rings. The van der Waals surface area contributed by atoms with Crippen LogP contribution in [0.4, 0.5) is 17.6 Å². The second kappa shape index (κ2) is 5.35. The van der Waals surface area contributed by atoms with E-state index in [0.717, 1.165) is 0 Å². The lowest BCUT2D eigenvalue weighted by atomic mass is 10.1. The molecule has 0 atom stereocenters. The molecule has 21 heavy (non-hydrogen) atoms. The van der Waals surface area contributed by atoms with Gasteiger partial charge in [0.25, 0.3) is 5.88 Å². The summed E-state index contributed by atoms with van der Waals surface area (Å²) in [5.41, 5.74) is -4.98. The summed E-state index contributed by atoms with van der Waals surface area (Å²) in [5, 5.41) is 0. The first-order chi connectivity index (χ1) is 9.67. The van der Waals surface area contributed by atoms with Crippen molar-refractivity contribution in [2.75, 3.05) is 0 Å². The lowest BCUT2D eigenvalue weighted by Crippen LogP contribution is -2.28. The minimum absolute atomic E-state index is 0.0374. The van der Waals surface area contributed by atoms with Crippen molar-refractivity contribution in [1.82, 2.24) is 4.98 Å². The van der Waals surface area contributed by atoms with Crippen LogP contribution in [0, 0.1) is 5.82 Å². The second-order valence-corrected chi connectivity index (χ2v) is 5.40. The van der Waals surface area contributed by atoms with Crippen LogP contribution in [0.1, 0.15) is 11.5 Å². The Kier molecular flexibility index (Phi) is 3.90. The number of nitrogens with zero attached hydrogens (tertiary/aromatic N) is 1. The zero-order valence-electron chi connectivity index (χ0n) is 10.1. The summed E-state index contributed by atoms with van der Waals surface area (Å²) in [6.45, 7) is 0. The number of hydrogen-bond acceptors (Lipinski definition) is 5. The van der Waals surface area contributed by atoms with Crippen LogP contribution in [-0.4, -0.2) is 18.9 Å². The Bertz CT molecular complexity index is 721. The molecule has 114 valence electrons. The van der Waals surface area contributed by atoms with E-state index >= 15 is 0 Å². The molecular weight excluding hydrogens is 318 g/mol. The van der Waals surface area contributed by atoms with Crippen LogP contribution in [0.15, 0.2) is 34.9 Å². The van der Waals surface area contributed by atoms with Crippen molar-refractivity contribution in [3.8, 4) is 5.88 Å². The van der Waals surface area contributed by atoms with Gasteiger partial charge < -0.3 is 8.60 Å². The number of benzene rings is 1. The van der Waals surface area contributed by atoms with Crippen LogP contribution in [0.2, 0.25) is 0 Å². The molecule has 1 aromatic carbocycles. The van der Waals surface area contributed by atoms with E-state index in [9.17, 15) is 26.0 Å². The van der Waals surface area contributed by atoms with Crippen LogP contribution < -0.4 is 4.18 Å². The number of hydrogen-bond donors (Lipinski definition) is 0. The van der Waals surface area contributed by atoms with Crippen LogP contribution >= 0.6 is 0 Å². The van der Waals surface area contributed by atoms with Crippen molar-refractivity contribution in [2.24, 2.45) is 0 Å². The quantitative estimate of drug-likeness (QED) is 0.491. The van der Waals surface area contributed by atoms with E-state index in [1.165, 1.54) is 24.3 Å². The van der Waals surface area contributed by atoms with Gasteiger partial charge in [0.1, 0.15) is 5.82 Å². The Morgan fingerprint density at radius 1 is 1.19 bits per heavy atom. The first kappa shape index (κ1) is 15.3. The summed E-state index contributed by atoms with van der Waals surface area (Å²) >= 11 is 0. The zero-order valence-corrected chi connectivity index (χ0v) is 10.9. The molecule has 5 nitrogen and oxygen atoms in total. The summed E-state index contributed by atoms with van der Waals surface area (Å²) in [5.74, 6) is -1.36. The minimum Gasteiger partial charge on any atom is -0.444 e. The average Bonchev–Trinajstić information content (AvgIpc) is 2.77. The van der Waals surface area contributed by atoms with Crippen LogP contribution in [0.5, 0.6) is 5.88 Å². The van der Waals surface area contributed by atoms with E-state index in [1.807, 2.05) is 0 Å². The SMILES string of the molecule is O=S(=O)(Oc1coc(Cc2ccc(F)cc2)n1)C(F)(F)F. The third-order valence-corrected chi connectivity index (χ3v) is 3.23. The van der Waals surface area contributed by atoms with Gasteiger partial charge >= 0.3 is 15.6 Å². The van der Waals surface area contributed by atoms with Gasteiger partial charge in [-0.05, 0) is 17.7 Å². The second-order valence-electron chi connectivity index (χ2n) is 3.87. The maximum absolute atomic E-state index is 12.7. The third kappa shape index (κ3) is 3.72. The lowest BCUT2D eigenvalue weighted by Gasteiger charge is -2.05. The van der Waals surface area contributed by atoms with Crippen LogP contribution in [0.25, 0.3) is 0 Å². The van der Waals surface area contributed by atoms with Crippen molar-refractivity contribution < 1.29 is 34.6 Å². The van der Waals surface area contributed by atoms with Crippen LogP contribution in [-0.2, 0) is 16.5 Å². The highest BCUT2D eigenvalue weighted by Gasteiger charge is 2.49. The van der Waals surface area contributed by atoms with E-state index in [4.69, 9.17) is 4.42 Å². The Morgan fingerprint density at radius 3 is 2.38 bits per heavy atom. The number of alkyl halides is 3. The average molecular weight is 325 g/mol. The molecule has 10 heteroatoms. The summed E-state index contributed by atoms with van der Waals surface area (Å²) in [6, 6.07) is 5.21. The molecule has 0 unspecified atom stereocenters. The molecule has 0 saturated heterocycles. The number of halogens is 4. The van der Waals surface area contributed by atoms with Gasteiger partial charge in [-0.25, -0.2) is 4.39 Å². The molecule has 0 bridgehead atoms. The standard InChI is InChI=1S/C11H7F4NO4S/c12-8-3-1-7(2-4-8)5-9-16-10(6-19-9)20-21(17,18)11(13,14)15/h1-4,6H,5H2. The zero-order chi connectivity index (χ0) is 15.7. The van der Waals surface area contributed by atoms with Crippen molar-refractivity contribution in [2.45, 2.75) is 11.9 Å². The van der Waals surface area contributed by atoms with Gasteiger partial charge in [-0.15, -0.1) is 0 Å². The fourth-order valence-corrected chi connectivity index (χ4v) is 1.75. The summed E-state index contributed by atoms with van der Waals surface area (Å²) in [6.07, 6.45) is 0.678. The lowest BCUT2D eigenvalue weighted by molar-refractivity contribution is -0.0501. The predicted octanol–water partition coefficient (Wildman–Crippen LogP) is 2.63. The molecule has 0 N–H and O–H groups in total. The van der Waals surface area contributed by atoms with Gasteiger partial charge in [0.2, 0.25) is 5.89 Å². The van der Waals surface area contributed by atoms with Gasteiger partial charge in [0.05, 0.1) is 0 Å². The molecule has 2 rings (SSSR count). The van der Waals surface area contributed by atoms with E-state index in [0.29, 0.717) is 11.8 Å². The van der Waals surface area contributed by atoms with Gasteiger partial charge in [-0.1, -0.05) is 12.1 Å². The van der Waals surface area contributed by atoms with E-state index < -0.39 is 27.3 Å². The van der Waals surface area contributed by atoms with Crippen molar-refractivity contribution >= 4 is 10.1 Å². The number of oxazole rings is 1. The maximum atomic E-state index is 12.7. The van der Waals surface area contributed by atoms with Crippen molar-refractivity contribution in [3.05, 3.63) is 47.8 Å². The Morgan fingerprint density at radius 2 is 1.81 bits per heavy atom. The van der Waals surface area contributed by atoms with E-state index in [2.05, 4.69) is 9.17 Å². The molecule has 0 aliphatic carbocycles. The molecule has 1 heterocycles. The fourth-order valence-electron chi connectivity index (χ4n) is 1.35. The molecule has 2 aromatic rings. The van der Waals surface area contributed by atoms with Gasteiger partial charge in [0, 0.05) is 6.42 Å². The number of aromatic nitrogens is 1. The highest BCUT2D eigenvalue weighted by Crippen LogP contribution is 2.26. The van der Waals surface area contributed by atoms with Gasteiger partial charge in [-0.3, -0.25) is 0 Å². The molecule has 0 aliphatic heterocycles. The topological polar surface area (TPSA) is 69.4 Å². The third-order valence-electron chi connectivity index (χ3n) is 2.28. The minimum atomic E-state index is -5.79. The summed E-state index contributed by atoms with van der Waals surface area (Å²) < 4.78 is 79.1. The Labute approximate surface area is 116 Å². The smallest absolute Gasteiger partial charge is 0.444 e. The van der Waals surface area contributed by atoms with Crippen molar-refractivity contribution in [1.29, 1.82) is 0 Å². The predicted molar refractivity (Wildman–Crippen MR) is 61.3 cm³/mol. The largest absolute Gasteiger partial charge is 0.534 e. The highest BCUT2D eigenvalue weighted by molar-refractivity contribution is 7.87. The fraction of sp³-hybridized carbons (Fsp3) is 0.182. The number of rotatable bonds is 4. The van der Waals surface area contributed by atoms with E-state index in [1.54, 1.807) is 0 Å². The first-order valence-corrected chi connectivity index (χ1v) is 6.78. The van der Waals surface area contributed by atoms with Crippen LogP contribution in [0.3, 0.4) is 0 Å². The molecule has 0 aliphatic rings. The molecule has 0 saturated carbocycles. The van der Waals surface area contributed by atoms with Gasteiger partial charge in [-0.2, -0.15) is 26.6 Å². The summed E-state index contributed by atoms with van der Waals surface area (Å²) in [4.78, 5) is 3.46. The molecule has 0 amide bonds. The Balaban J connectivity index is 2.10. The first-order valence-electron chi connectivity index (χ1n) is 5.37. The monoisotopic (exact) mass is 325 g/mol. The molecular formula is C11H7F4NO4S. The van der Waals surface area contributed by atoms with E-state index in [-0.39, 0.29) is 12.3 Å². The normalized spacial score (nSPS) is 12.4. The molecule has 0 radical (unpaired) electrons. The van der Waals surface area contributed by atoms with Crippen molar-refractivity contribution in [3.63, 3.8) is 0 Å². The molecule has 1 aromatic heterocycles. The molecule has 0 spiro atoms. The Hall–Kier alpha value is -2.10. The summed E-state index contributed by atoms with van der Waals surface area (Å²) in [7, 11) is -5.79. The maximum Gasteiger partial charge on any atom is 0.534 e.